The summed E-state index contributed by atoms with van der Waals surface area (Å²) in [5, 5.41) is 0.560. The highest BCUT2D eigenvalue weighted by Gasteiger charge is 2.51. The highest BCUT2D eigenvalue weighted by Crippen LogP contribution is 2.52. The SMILES string of the molecule is O=S(=O)(c1ccc(Cl)cc1)N1CC2C3C=CC(C3)C2C1. The van der Waals surface area contributed by atoms with E-state index in [9.17, 15) is 8.42 Å². The van der Waals surface area contributed by atoms with Crippen molar-refractivity contribution < 1.29 is 8.42 Å². The lowest BCUT2D eigenvalue weighted by atomic mass is 9.86. The van der Waals surface area contributed by atoms with Crippen molar-refractivity contribution in [1.29, 1.82) is 0 Å². The van der Waals surface area contributed by atoms with Gasteiger partial charge in [-0.05, 0) is 54.4 Å². The topological polar surface area (TPSA) is 37.4 Å². The smallest absolute Gasteiger partial charge is 0.207 e. The van der Waals surface area contributed by atoms with Gasteiger partial charge < -0.3 is 0 Å². The monoisotopic (exact) mass is 309 g/mol. The Morgan fingerprint density at radius 1 is 1.00 bits per heavy atom. The van der Waals surface area contributed by atoms with E-state index in [4.69, 9.17) is 11.6 Å². The summed E-state index contributed by atoms with van der Waals surface area (Å²) in [4.78, 5) is 0.349. The van der Waals surface area contributed by atoms with Crippen LogP contribution in [-0.2, 0) is 10.0 Å². The first kappa shape index (κ1) is 12.9. The molecule has 1 heterocycles. The molecule has 1 aromatic rings. The predicted molar refractivity (Wildman–Crippen MR) is 77.9 cm³/mol. The zero-order chi connectivity index (χ0) is 13.9. The van der Waals surface area contributed by atoms with Crippen molar-refractivity contribution in [3.63, 3.8) is 0 Å². The maximum Gasteiger partial charge on any atom is 0.243 e. The van der Waals surface area contributed by atoms with Crippen molar-refractivity contribution in [2.24, 2.45) is 23.7 Å². The van der Waals surface area contributed by atoms with Crippen molar-refractivity contribution in [3.05, 3.63) is 41.4 Å². The number of nitrogens with zero attached hydrogens (tertiary/aromatic N) is 1. The molecule has 1 aromatic carbocycles. The fraction of sp³-hybridized carbons (Fsp3) is 0.467. The summed E-state index contributed by atoms with van der Waals surface area (Å²) in [6.45, 7) is 1.34. The quantitative estimate of drug-likeness (QED) is 0.788. The minimum Gasteiger partial charge on any atom is -0.207 e. The van der Waals surface area contributed by atoms with Crippen LogP contribution in [0.4, 0.5) is 0 Å². The van der Waals surface area contributed by atoms with Crippen molar-refractivity contribution in [2.75, 3.05) is 13.1 Å². The Morgan fingerprint density at radius 2 is 1.55 bits per heavy atom. The summed E-state index contributed by atoms with van der Waals surface area (Å²) >= 11 is 5.83. The Labute approximate surface area is 124 Å². The highest BCUT2D eigenvalue weighted by molar-refractivity contribution is 7.89. The first-order valence-corrected chi connectivity index (χ1v) is 8.81. The fourth-order valence-corrected chi connectivity index (χ4v) is 5.71. The number of halogens is 1. The van der Waals surface area contributed by atoms with Crippen LogP contribution in [0.15, 0.2) is 41.3 Å². The first-order valence-electron chi connectivity index (χ1n) is 7.00. The minimum absolute atomic E-state index is 0.349. The molecular weight excluding hydrogens is 294 g/mol. The molecular formula is C15H16ClNO2S. The van der Waals surface area contributed by atoms with Gasteiger partial charge in [0.1, 0.15) is 0 Å². The van der Waals surface area contributed by atoms with E-state index in [0.29, 0.717) is 46.7 Å². The summed E-state index contributed by atoms with van der Waals surface area (Å²) in [5.41, 5.74) is 0. The molecule has 0 N–H and O–H groups in total. The lowest BCUT2D eigenvalue weighted by Crippen LogP contribution is -2.30. The lowest BCUT2D eigenvalue weighted by Gasteiger charge is -2.18. The van der Waals surface area contributed by atoms with Gasteiger partial charge in [-0.25, -0.2) is 8.42 Å². The van der Waals surface area contributed by atoms with Crippen molar-refractivity contribution >= 4 is 21.6 Å². The second-order valence-electron chi connectivity index (χ2n) is 6.05. The number of sulfonamides is 1. The Bertz CT molecular complexity index is 648. The van der Waals surface area contributed by atoms with Gasteiger partial charge in [0, 0.05) is 18.1 Å². The van der Waals surface area contributed by atoms with E-state index in [1.165, 1.54) is 6.42 Å². The van der Waals surface area contributed by atoms with Crippen LogP contribution in [0, 0.1) is 23.7 Å². The van der Waals surface area contributed by atoms with Gasteiger partial charge in [0.05, 0.1) is 4.90 Å². The fourth-order valence-electron chi connectivity index (χ4n) is 4.07. The number of allylic oxidation sites excluding steroid dienone is 2. The van der Waals surface area contributed by atoms with Crippen LogP contribution in [0.3, 0.4) is 0 Å². The van der Waals surface area contributed by atoms with Crippen LogP contribution >= 0.6 is 11.6 Å². The number of rotatable bonds is 2. The molecule has 3 nitrogen and oxygen atoms in total. The van der Waals surface area contributed by atoms with Crippen molar-refractivity contribution in [2.45, 2.75) is 11.3 Å². The van der Waals surface area contributed by atoms with Crippen LogP contribution < -0.4 is 0 Å². The van der Waals surface area contributed by atoms with E-state index in [1.807, 2.05) is 0 Å². The zero-order valence-electron chi connectivity index (χ0n) is 10.9. The largest absolute Gasteiger partial charge is 0.243 e. The standard InChI is InChI=1S/C15H16ClNO2S/c16-12-3-5-13(6-4-12)20(18,19)17-8-14-10-1-2-11(7-10)15(14)9-17/h1-6,10-11,14-15H,7-9H2. The molecule has 1 saturated heterocycles. The molecule has 0 aromatic heterocycles. The summed E-state index contributed by atoms with van der Waals surface area (Å²) in [7, 11) is -3.37. The number of benzene rings is 1. The van der Waals surface area contributed by atoms with E-state index in [1.54, 1.807) is 28.6 Å². The summed E-state index contributed by atoms with van der Waals surface area (Å²) in [6.07, 6.45) is 5.79. The zero-order valence-corrected chi connectivity index (χ0v) is 12.5. The molecule has 5 heteroatoms. The molecule has 0 spiro atoms. The molecule has 20 heavy (non-hydrogen) atoms. The van der Waals surface area contributed by atoms with Crippen LogP contribution in [0.2, 0.25) is 5.02 Å². The van der Waals surface area contributed by atoms with Crippen LogP contribution in [0.25, 0.3) is 0 Å². The average Bonchev–Trinajstić information content (AvgIpc) is 3.12. The third kappa shape index (κ3) is 1.78. The van der Waals surface area contributed by atoms with Gasteiger partial charge in [-0.15, -0.1) is 0 Å². The maximum atomic E-state index is 12.7. The Morgan fingerprint density at radius 3 is 2.10 bits per heavy atom. The van der Waals surface area contributed by atoms with E-state index in [2.05, 4.69) is 12.2 Å². The van der Waals surface area contributed by atoms with Crippen LogP contribution in [0.1, 0.15) is 6.42 Å². The van der Waals surface area contributed by atoms with Crippen molar-refractivity contribution in [3.8, 4) is 0 Å². The highest BCUT2D eigenvalue weighted by atomic mass is 35.5. The molecule has 2 fully saturated rings. The Kier molecular flexibility index (Phi) is 2.78. The third-order valence-corrected chi connectivity index (χ3v) is 7.18. The Balaban J connectivity index is 1.61. The van der Waals surface area contributed by atoms with E-state index in [-0.39, 0.29) is 0 Å². The minimum atomic E-state index is -3.37. The van der Waals surface area contributed by atoms with E-state index in [0.717, 1.165) is 0 Å². The molecule has 106 valence electrons. The number of hydrogen-bond donors (Lipinski definition) is 0. The molecule has 4 unspecified atom stereocenters. The van der Waals surface area contributed by atoms with E-state index >= 15 is 0 Å². The van der Waals surface area contributed by atoms with Gasteiger partial charge in [-0.1, -0.05) is 23.8 Å². The van der Waals surface area contributed by atoms with Gasteiger partial charge >= 0.3 is 0 Å². The maximum absolute atomic E-state index is 12.7. The van der Waals surface area contributed by atoms with E-state index < -0.39 is 10.0 Å². The van der Waals surface area contributed by atoms with Crippen LogP contribution in [-0.4, -0.2) is 25.8 Å². The molecule has 0 amide bonds. The van der Waals surface area contributed by atoms with Gasteiger partial charge in [0.2, 0.25) is 10.0 Å². The second-order valence-corrected chi connectivity index (χ2v) is 8.43. The number of fused-ring (bicyclic) bond motifs is 5. The molecule has 2 aliphatic carbocycles. The molecule has 2 bridgehead atoms. The summed E-state index contributed by atoms with van der Waals surface area (Å²) < 4.78 is 27.0. The van der Waals surface area contributed by atoms with Gasteiger partial charge in [0.25, 0.3) is 0 Å². The molecule has 0 radical (unpaired) electrons. The Hall–Kier alpha value is -0.840. The molecule has 1 saturated carbocycles. The van der Waals surface area contributed by atoms with Crippen LogP contribution in [0.5, 0.6) is 0 Å². The molecule has 4 rings (SSSR count). The predicted octanol–water partition coefficient (Wildman–Crippen LogP) is 2.78. The van der Waals surface area contributed by atoms with Gasteiger partial charge in [0.15, 0.2) is 0 Å². The molecule has 1 aliphatic heterocycles. The molecule has 4 atom stereocenters. The first-order chi connectivity index (χ1) is 9.55. The van der Waals surface area contributed by atoms with Gasteiger partial charge in [-0.2, -0.15) is 4.31 Å². The normalized spacial score (nSPS) is 35.6. The summed E-state index contributed by atoms with van der Waals surface area (Å²) in [5.74, 6) is 2.23. The van der Waals surface area contributed by atoms with Crippen molar-refractivity contribution in [1.82, 2.24) is 4.31 Å². The average molecular weight is 310 g/mol. The molecule has 3 aliphatic rings. The lowest BCUT2D eigenvalue weighted by molar-refractivity contribution is 0.395. The third-order valence-electron chi connectivity index (χ3n) is 5.08. The van der Waals surface area contributed by atoms with Gasteiger partial charge in [-0.3, -0.25) is 0 Å². The second kappa shape index (κ2) is 4.33. The summed E-state index contributed by atoms with van der Waals surface area (Å²) in [6, 6.07) is 6.46. The number of hydrogen-bond acceptors (Lipinski definition) is 2.